The first kappa shape index (κ1) is 13.4. The summed E-state index contributed by atoms with van der Waals surface area (Å²) >= 11 is 0. The standard InChI is InChI=1S/C16H25NO/c1-3-14(2)13-16(18)9-11-17(12-10-16)15-7-5-4-6-8-15/h4-8,14,18H,3,9-13H2,1-2H3. The Morgan fingerprint density at radius 3 is 2.39 bits per heavy atom. The van der Waals surface area contributed by atoms with Gasteiger partial charge in [0.2, 0.25) is 0 Å². The molecule has 2 nitrogen and oxygen atoms in total. The highest BCUT2D eigenvalue weighted by molar-refractivity contribution is 5.46. The summed E-state index contributed by atoms with van der Waals surface area (Å²) in [7, 11) is 0. The molecule has 0 aromatic heterocycles. The highest BCUT2D eigenvalue weighted by Gasteiger charge is 2.33. The Kier molecular flexibility index (Phi) is 4.28. The first-order valence-corrected chi connectivity index (χ1v) is 7.15. The summed E-state index contributed by atoms with van der Waals surface area (Å²) in [5.41, 5.74) is 0.851. The van der Waals surface area contributed by atoms with Crippen molar-refractivity contribution in [2.75, 3.05) is 18.0 Å². The van der Waals surface area contributed by atoms with Crippen LogP contribution in [0.25, 0.3) is 0 Å². The van der Waals surface area contributed by atoms with Crippen molar-refractivity contribution in [3.8, 4) is 0 Å². The van der Waals surface area contributed by atoms with Gasteiger partial charge in [0, 0.05) is 18.8 Å². The van der Waals surface area contributed by atoms with Crippen LogP contribution >= 0.6 is 0 Å². The molecule has 1 saturated heterocycles. The lowest BCUT2D eigenvalue weighted by Gasteiger charge is -2.40. The fourth-order valence-corrected chi connectivity index (χ4v) is 2.82. The Morgan fingerprint density at radius 1 is 1.22 bits per heavy atom. The quantitative estimate of drug-likeness (QED) is 0.881. The molecule has 18 heavy (non-hydrogen) atoms. The van der Waals surface area contributed by atoms with E-state index in [1.54, 1.807) is 0 Å². The molecule has 1 aliphatic heterocycles. The summed E-state index contributed by atoms with van der Waals surface area (Å²) < 4.78 is 0. The van der Waals surface area contributed by atoms with Gasteiger partial charge in [0.25, 0.3) is 0 Å². The smallest absolute Gasteiger partial charge is 0.0684 e. The summed E-state index contributed by atoms with van der Waals surface area (Å²) in [6.45, 7) is 6.38. The van der Waals surface area contributed by atoms with E-state index in [9.17, 15) is 5.11 Å². The number of aliphatic hydroxyl groups is 1. The van der Waals surface area contributed by atoms with E-state index in [1.807, 2.05) is 6.07 Å². The van der Waals surface area contributed by atoms with Gasteiger partial charge >= 0.3 is 0 Å². The maximum absolute atomic E-state index is 10.6. The molecular formula is C16H25NO. The Morgan fingerprint density at radius 2 is 1.83 bits per heavy atom. The lowest BCUT2D eigenvalue weighted by Crippen LogP contribution is -2.45. The Balaban J connectivity index is 1.91. The predicted molar refractivity (Wildman–Crippen MR) is 76.9 cm³/mol. The molecule has 0 aliphatic carbocycles. The van der Waals surface area contributed by atoms with Gasteiger partial charge in [-0.2, -0.15) is 0 Å². The molecule has 1 aromatic rings. The van der Waals surface area contributed by atoms with Gasteiger partial charge in [-0.1, -0.05) is 38.5 Å². The van der Waals surface area contributed by atoms with Crippen LogP contribution < -0.4 is 4.90 Å². The predicted octanol–water partition coefficient (Wildman–Crippen LogP) is 3.45. The zero-order chi connectivity index (χ0) is 13.0. The van der Waals surface area contributed by atoms with Gasteiger partial charge in [0.1, 0.15) is 0 Å². The lowest BCUT2D eigenvalue weighted by molar-refractivity contribution is -0.00501. The van der Waals surface area contributed by atoms with Crippen LogP contribution in [0.4, 0.5) is 5.69 Å². The van der Waals surface area contributed by atoms with E-state index < -0.39 is 5.60 Å². The fraction of sp³-hybridized carbons (Fsp3) is 0.625. The minimum absolute atomic E-state index is 0.430. The number of nitrogens with zero attached hydrogens (tertiary/aromatic N) is 1. The van der Waals surface area contributed by atoms with Crippen molar-refractivity contribution in [2.24, 2.45) is 5.92 Å². The summed E-state index contributed by atoms with van der Waals surface area (Å²) in [6.07, 6.45) is 3.90. The monoisotopic (exact) mass is 247 g/mol. The van der Waals surface area contributed by atoms with E-state index in [4.69, 9.17) is 0 Å². The SMILES string of the molecule is CCC(C)CC1(O)CCN(c2ccccc2)CC1. The van der Waals surface area contributed by atoms with Gasteiger partial charge in [-0.25, -0.2) is 0 Å². The highest BCUT2D eigenvalue weighted by atomic mass is 16.3. The molecule has 0 amide bonds. The van der Waals surface area contributed by atoms with Crippen LogP contribution in [0.1, 0.15) is 39.5 Å². The molecule has 1 aromatic carbocycles. The zero-order valence-corrected chi connectivity index (χ0v) is 11.6. The second-order valence-electron chi connectivity index (χ2n) is 5.76. The summed E-state index contributed by atoms with van der Waals surface area (Å²) in [5, 5.41) is 10.6. The van der Waals surface area contributed by atoms with Crippen molar-refractivity contribution >= 4 is 5.69 Å². The van der Waals surface area contributed by atoms with Gasteiger partial charge < -0.3 is 10.0 Å². The number of hydrogen-bond acceptors (Lipinski definition) is 2. The van der Waals surface area contributed by atoms with Gasteiger partial charge in [0.15, 0.2) is 0 Å². The number of anilines is 1. The molecule has 1 aliphatic rings. The van der Waals surface area contributed by atoms with Gasteiger partial charge in [0.05, 0.1) is 5.60 Å². The molecule has 1 atom stereocenters. The summed E-state index contributed by atoms with van der Waals surface area (Å²) in [5.74, 6) is 0.623. The minimum Gasteiger partial charge on any atom is -0.390 e. The van der Waals surface area contributed by atoms with E-state index >= 15 is 0 Å². The molecule has 1 N–H and O–H groups in total. The van der Waals surface area contributed by atoms with E-state index in [0.29, 0.717) is 5.92 Å². The molecule has 0 radical (unpaired) electrons. The Hall–Kier alpha value is -1.02. The van der Waals surface area contributed by atoms with Crippen molar-refractivity contribution < 1.29 is 5.11 Å². The van der Waals surface area contributed by atoms with Crippen LogP contribution in [-0.2, 0) is 0 Å². The van der Waals surface area contributed by atoms with Crippen LogP contribution in [0.15, 0.2) is 30.3 Å². The largest absolute Gasteiger partial charge is 0.390 e. The van der Waals surface area contributed by atoms with Crippen molar-refractivity contribution in [2.45, 2.75) is 45.1 Å². The normalized spacial score (nSPS) is 20.7. The number of rotatable bonds is 4. The molecule has 1 heterocycles. The Bertz CT molecular complexity index is 355. The first-order chi connectivity index (χ1) is 8.63. The van der Waals surface area contributed by atoms with Gasteiger partial charge in [-0.3, -0.25) is 0 Å². The summed E-state index contributed by atoms with van der Waals surface area (Å²) in [6, 6.07) is 10.5. The second kappa shape index (κ2) is 5.75. The van der Waals surface area contributed by atoms with Crippen LogP contribution in [0.5, 0.6) is 0 Å². The van der Waals surface area contributed by atoms with Crippen molar-refractivity contribution in [1.82, 2.24) is 0 Å². The molecule has 0 bridgehead atoms. The maximum atomic E-state index is 10.6. The topological polar surface area (TPSA) is 23.5 Å². The minimum atomic E-state index is -0.430. The van der Waals surface area contributed by atoms with Crippen molar-refractivity contribution in [3.05, 3.63) is 30.3 Å². The van der Waals surface area contributed by atoms with E-state index in [0.717, 1.165) is 38.8 Å². The molecule has 100 valence electrons. The highest BCUT2D eigenvalue weighted by Crippen LogP contribution is 2.31. The molecule has 2 rings (SSSR count). The Labute approximate surface area is 111 Å². The molecule has 1 unspecified atom stereocenters. The van der Waals surface area contributed by atoms with Gasteiger partial charge in [-0.15, -0.1) is 0 Å². The third kappa shape index (κ3) is 3.26. The van der Waals surface area contributed by atoms with E-state index in [1.165, 1.54) is 5.69 Å². The van der Waals surface area contributed by atoms with Crippen LogP contribution in [0.3, 0.4) is 0 Å². The van der Waals surface area contributed by atoms with Crippen LogP contribution in [0, 0.1) is 5.92 Å². The number of para-hydroxylation sites is 1. The van der Waals surface area contributed by atoms with Crippen molar-refractivity contribution in [1.29, 1.82) is 0 Å². The fourth-order valence-electron chi connectivity index (χ4n) is 2.82. The van der Waals surface area contributed by atoms with E-state index in [2.05, 4.69) is 43.0 Å². The molecule has 0 saturated carbocycles. The lowest BCUT2D eigenvalue weighted by atomic mass is 9.82. The maximum Gasteiger partial charge on any atom is 0.0684 e. The average molecular weight is 247 g/mol. The second-order valence-corrected chi connectivity index (χ2v) is 5.76. The number of benzene rings is 1. The zero-order valence-electron chi connectivity index (χ0n) is 11.6. The molecule has 2 heteroatoms. The average Bonchev–Trinajstić information content (AvgIpc) is 2.40. The van der Waals surface area contributed by atoms with Crippen LogP contribution in [-0.4, -0.2) is 23.8 Å². The van der Waals surface area contributed by atoms with Gasteiger partial charge in [-0.05, 0) is 37.3 Å². The number of hydrogen-bond donors (Lipinski definition) is 1. The molecule has 0 spiro atoms. The third-order valence-corrected chi connectivity index (χ3v) is 4.24. The van der Waals surface area contributed by atoms with Crippen LogP contribution in [0.2, 0.25) is 0 Å². The third-order valence-electron chi connectivity index (χ3n) is 4.24. The number of piperidine rings is 1. The van der Waals surface area contributed by atoms with Crippen molar-refractivity contribution in [3.63, 3.8) is 0 Å². The molecular weight excluding hydrogens is 222 g/mol. The molecule has 1 fully saturated rings. The first-order valence-electron chi connectivity index (χ1n) is 7.15. The van der Waals surface area contributed by atoms with E-state index in [-0.39, 0.29) is 0 Å². The summed E-state index contributed by atoms with van der Waals surface area (Å²) in [4.78, 5) is 2.38.